The lowest BCUT2D eigenvalue weighted by atomic mass is 10.2. The molecule has 9 heteroatoms. The van der Waals surface area contributed by atoms with E-state index in [1.54, 1.807) is 6.92 Å². The molecule has 1 fully saturated rings. The largest absolute Gasteiger partial charge is 0.480 e. The Morgan fingerprint density at radius 2 is 2.10 bits per heavy atom. The Balaban J connectivity index is 2.26. The third-order valence-corrected chi connectivity index (χ3v) is 4.58. The minimum atomic E-state index is -1.06. The van der Waals surface area contributed by atoms with Crippen LogP contribution in [0.25, 0.3) is 0 Å². The summed E-state index contributed by atoms with van der Waals surface area (Å²) in [5, 5.41) is 8.87. The fourth-order valence-corrected chi connectivity index (χ4v) is 3.36. The Bertz CT molecular complexity index is 695. The van der Waals surface area contributed by atoms with Gasteiger partial charge >= 0.3 is 11.7 Å². The van der Waals surface area contributed by atoms with E-state index < -0.39 is 29.2 Å². The van der Waals surface area contributed by atoms with Crippen LogP contribution in [0.3, 0.4) is 0 Å². The van der Waals surface area contributed by atoms with Gasteiger partial charge in [0.15, 0.2) is 0 Å². The third kappa shape index (κ3) is 2.87. The second kappa shape index (κ2) is 5.76. The van der Waals surface area contributed by atoms with Crippen LogP contribution in [0.1, 0.15) is 6.92 Å². The van der Waals surface area contributed by atoms with Gasteiger partial charge in [0.2, 0.25) is 5.91 Å². The minimum Gasteiger partial charge on any atom is -0.480 e. The van der Waals surface area contributed by atoms with Crippen LogP contribution >= 0.6 is 11.8 Å². The second-order valence-corrected chi connectivity index (χ2v) is 6.06. The van der Waals surface area contributed by atoms with Gasteiger partial charge < -0.3 is 10.0 Å². The molecule has 2 atom stereocenters. The average molecular weight is 313 g/mol. The lowest BCUT2D eigenvalue weighted by molar-refractivity contribution is -0.149. The van der Waals surface area contributed by atoms with E-state index in [2.05, 4.69) is 0 Å². The van der Waals surface area contributed by atoms with Crippen molar-refractivity contribution in [2.75, 3.05) is 5.75 Å². The number of carboxylic acids is 1. The van der Waals surface area contributed by atoms with E-state index >= 15 is 0 Å². The molecule has 1 aromatic rings. The van der Waals surface area contributed by atoms with Crippen LogP contribution in [-0.4, -0.2) is 48.2 Å². The number of thioether (sulfide) groups is 1. The first kappa shape index (κ1) is 15.4. The minimum absolute atomic E-state index is 0.262. The highest BCUT2D eigenvalue weighted by Crippen LogP contribution is 2.28. The summed E-state index contributed by atoms with van der Waals surface area (Å²) in [6, 6.07) is 0.298. The topological polar surface area (TPSA) is 102 Å². The Hall–Kier alpha value is -2.03. The van der Waals surface area contributed by atoms with Crippen molar-refractivity contribution in [3.8, 4) is 0 Å². The van der Waals surface area contributed by atoms with Gasteiger partial charge in [-0.05, 0) is 6.92 Å². The lowest BCUT2D eigenvalue weighted by Crippen LogP contribution is -2.48. The first-order chi connectivity index (χ1) is 9.82. The summed E-state index contributed by atoms with van der Waals surface area (Å²) in [5.41, 5.74) is -1.07. The van der Waals surface area contributed by atoms with Gasteiger partial charge in [-0.2, -0.15) is 0 Å². The van der Waals surface area contributed by atoms with Crippen LogP contribution in [0.15, 0.2) is 21.9 Å². The quantitative estimate of drug-likeness (QED) is 0.762. The molecular weight excluding hydrogens is 298 g/mol. The highest BCUT2D eigenvalue weighted by atomic mass is 32.2. The summed E-state index contributed by atoms with van der Waals surface area (Å²) in [6.07, 6.45) is 1.24. The van der Waals surface area contributed by atoms with Crippen LogP contribution in [0.5, 0.6) is 0 Å². The zero-order valence-electron chi connectivity index (χ0n) is 11.6. The van der Waals surface area contributed by atoms with E-state index in [1.807, 2.05) is 0 Å². The van der Waals surface area contributed by atoms with E-state index in [9.17, 15) is 19.2 Å². The van der Waals surface area contributed by atoms with Crippen LogP contribution in [0.4, 0.5) is 0 Å². The molecule has 1 saturated heterocycles. The van der Waals surface area contributed by atoms with Gasteiger partial charge in [-0.3, -0.25) is 18.7 Å². The standard InChI is InChI=1S/C12H15N3O5S/c1-7-15(8(6-21-7)11(18)19)10(17)5-14-4-3-9(16)13(2)12(14)20/h3-4,7-8H,5-6H2,1-2H3,(H,18,19). The molecule has 0 spiro atoms. The number of aromatic nitrogens is 2. The van der Waals surface area contributed by atoms with E-state index in [4.69, 9.17) is 5.11 Å². The smallest absolute Gasteiger partial charge is 0.331 e. The molecule has 0 aliphatic carbocycles. The number of carbonyl (C=O) groups is 2. The van der Waals surface area contributed by atoms with E-state index in [0.717, 1.165) is 9.13 Å². The van der Waals surface area contributed by atoms with E-state index in [-0.39, 0.29) is 11.9 Å². The third-order valence-electron chi connectivity index (χ3n) is 3.36. The van der Waals surface area contributed by atoms with Crippen molar-refractivity contribution in [1.82, 2.24) is 14.0 Å². The summed E-state index contributed by atoms with van der Waals surface area (Å²) in [4.78, 5) is 47.9. The van der Waals surface area contributed by atoms with Crippen LogP contribution in [0, 0.1) is 0 Å². The van der Waals surface area contributed by atoms with E-state index in [1.165, 1.54) is 36.0 Å². The molecular formula is C12H15N3O5S. The zero-order valence-corrected chi connectivity index (χ0v) is 12.4. The molecule has 1 N–H and O–H groups in total. The molecule has 0 bridgehead atoms. The van der Waals surface area contributed by atoms with Gasteiger partial charge in [-0.15, -0.1) is 11.8 Å². The van der Waals surface area contributed by atoms with Crippen molar-refractivity contribution >= 4 is 23.6 Å². The van der Waals surface area contributed by atoms with Crippen molar-refractivity contribution in [2.45, 2.75) is 24.9 Å². The van der Waals surface area contributed by atoms with Gasteiger partial charge in [0.05, 0.1) is 5.37 Å². The molecule has 0 saturated carbocycles. The number of carboxylic acid groups (broad SMARTS) is 1. The number of rotatable bonds is 3. The maximum atomic E-state index is 12.3. The second-order valence-electron chi connectivity index (χ2n) is 4.71. The van der Waals surface area contributed by atoms with Gasteiger partial charge in [0, 0.05) is 25.1 Å². The number of hydrogen-bond donors (Lipinski definition) is 1. The van der Waals surface area contributed by atoms with Crippen molar-refractivity contribution in [2.24, 2.45) is 7.05 Å². The number of hydrogen-bond acceptors (Lipinski definition) is 5. The zero-order chi connectivity index (χ0) is 15.7. The van der Waals surface area contributed by atoms with Crippen LogP contribution in [0.2, 0.25) is 0 Å². The summed E-state index contributed by atoms with van der Waals surface area (Å²) >= 11 is 1.37. The maximum absolute atomic E-state index is 12.3. The Kier molecular flexibility index (Phi) is 4.21. The summed E-state index contributed by atoms with van der Waals surface area (Å²) in [7, 11) is 1.32. The number of aliphatic carboxylic acids is 1. The molecule has 21 heavy (non-hydrogen) atoms. The molecule has 1 aliphatic heterocycles. The number of amides is 1. The van der Waals surface area contributed by atoms with Gasteiger partial charge in [-0.1, -0.05) is 0 Å². The Morgan fingerprint density at radius 1 is 1.43 bits per heavy atom. The first-order valence-corrected chi connectivity index (χ1v) is 7.30. The fraction of sp³-hybridized carbons (Fsp3) is 0.500. The van der Waals surface area contributed by atoms with E-state index in [0.29, 0.717) is 5.75 Å². The van der Waals surface area contributed by atoms with Crippen molar-refractivity contribution < 1.29 is 14.7 Å². The molecule has 2 unspecified atom stereocenters. The molecule has 114 valence electrons. The molecule has 0 radical (unpaired) electrons. The van der Waals surface area contributed by atoms with Gasteiger partial charge in [-0.25, -0.2) is 9.59 Å². The van der Waals surface area contributed by atoms with Crippen molar-refractivity contribution in [3.05, 3.63) is 33.1 Å². The Morgan fingerprint density at radius 3 is 2.71 bits per heavy atom. The summed E-state index contributed by atoms with van der Waals surface area (Å²) in [5.74, 6) is -1.20. The number of nitrogens with zero attached hydrogens (tertiary/aromatic N) is 3. The van der Waals surface area contributed by atoms with Crippen LogP contribution < -0.4 is 11.2 Å². The summed E-state index contributed by atoms with van der Waals surface area (Å²) < 4.78 is 1.99. The first-order valence-electron chi connectivity index (χ1n) is 6.25. The summed E-state index contributed by atoms with van der Waals surface area (Å²) in [6.45, 7) is 1.46. The average Bonchev–Trinajstić information content (AvgIpc) is 2.81. The molecule has 8 nitrogen and oxygen atoms in total. The van der Waals surface area contributed by atoms with Gasteiger partial charge in [0.1, 0.15) is 12.6 Å². The monoisotopic (exact) mass is 313 g/mol. The number of carbonyl (C=O) groups excluding carboxylic acids is 1. The Labute approximate surface area is 124 Å². The lowest BCUT2D eigenvalue weighted by Gasteiger charge is -2.25. The molecule has 1 aromatic heterocycles. The molecule has 0 aromatic carbocycles. The SMILES string of the molecule is CC1SCC(C(=O)O)N1C(=O)Cn1ccc(=O)n(C)c1=O. The van der Waals surface area contributed by atoms with Gasteiger partial charge in [0.25, 0.3) is 5.56 Å². The normalized spacial score (nSPS) is 21.5. The molecule has 2 heterocycles. The molecule has 1 amide bonds. The van der Waals surface area contributed by atoms with Crippen molar-refractivity contribution in [3.63, 3.8) is 0 Å². The maximum Gasteiger partial charge on any atom is 0.331 e. The highest BCUT2D eigenvalue weighted by molar-refractivity contribution is 8.00. The molecule has 1 aliphatic rings. The molecule has 2 rings (SSSR count). The predicted octanol–water partition coefficient (Wildman–Crippen LogP) is -1.08. The predicted molar refractivity (Wildman–Crippen MR) is 76.1 cm³/mol. The van der Waals surface area contributed by atoms with Crippen LogP contribution in [-0.2, 0) is 23.2 Å². The fourth-order valence-electron chi connectivity index (χ4n) is 2.18. The van der Waals surface area contributed by atoms with Crippen molar-refractivity contribution in [1.29, 1.82) is 0 Å². The highest BCUT2D eigenvalue weighted by Gasteiger charge is 2.39.